The molecule has 0 saturated heterocycles. The lowest BCUT2D eigenvalue weighted by Crippen LogP contribution is -2.35. The molecule has 0 spiro atoms. The van der Waals surface area contributed by atoms with E-state index in [-0.39, 0.29) is 5.91 Å². The Hall–Kier alpha value is -3.22. The Labute approximate surface area is 207 Å². The number of carbonyl (C=O) groups is 1. The lowest BCUT2D eigenvalue weighted by atomic mass is 10.0. The number of thiazole rings is 1. The number of anilines is 1. The van der Waals surface area contributed by atoms with E-state index in [0.717, 1.165) is 38.1 Å². The van der Waals surface area contributed by atoms with E-state index in [1.165, 1.54) is 16.7 Å². The van der Waals surface area contributed by atoms with Gasteiger partial charge in [0.05, 0.1) is 28.9 Å². The van der Waals surface area contributed by atoms with Crippen molar-refractivity contribution in [2.75, 3.05) is 11.4 Å². The molecule has 5 rings (SSSR count). The first-order chi connectivity index (χ1) is 16.4. The van der Waals surface area contributed by atoms with Gasteiger partial charge in [-0.1, -0.05) is 65.4 Å². The summed E-state index contributed by atoms with van der Waals surface area (Å²) in [6, 6.07) is 20.3. The number of nitrogens with zero attached hydrogens (tertiary/aromatic N) is 4. The topological polar surface area (TPSA) is 51.0 Å². The van der Waals surface area contributed by atoms with Crippen LogP contribution in [-0.4, -0.2) is 27.2 Å². The molecule has 0 N–H and O–H groups in total. The Kier molecular flexibility index (Phi) is 6.11. The maximum atomic E-state index is 13.6. The number of carbonyl (C=O) groups excluding carboxylic acids is 1. The summed E-state index contributed by atoms with van der Waals surface area (Å²) in [5, 5.41) is 8.23. The Morgan fingerprint density at radius 2 is 1.82 bits per heavy atom. The molecule has 0 atom stereocenters. The van der Waals surface area contributed by atoms with Gasteiger partial charge in [-0.2, -0.15) is 5.10 Å². The molecule has 2 heterocycles. The van der Waals surface area contributed by atoms with Crippen molar-refractivity contribution in [2.24, 2.45) is 0 Å². The van der Waals surface area contributed by atoms with Gasteiger partial charge in [-0.3, -0.25) is 14.4 Å². The van der Waals surface area contributed by atoms with Crippen LogP contribution in [0.2, 0.25) is 5.02 Å². The van der Waals surface area contributed by atoms with Crippen LogP contribution in [0.25, 0.3) is 21.0 Å². The van der Waals surface area contributed by atoms with Crippen molar-refractivity contribution in [1.29, 1.82) is 0 Å². The van der Waals surface area contributed by atoms with E-state index in [2.05, 4.69) is 29.4 Å². The summed E-state index contributed by atoms with van der Waals surface area (Å²) in [4.78, 5) is 20.3. The molecule has 3 aromatic carbocycles. The van der Waals surface area contributed by atoms with Crippen molar-refractivity contribution in [2.45, 2.75) is 33.7 Å². The zero-order chi connectivity index (χ0) is 23.8. The van der Waals surface area contributed by atoms with Crippen LogP contribution in [0, 0.1) is 20.8 Å². The highest BCUT2D eigenvalue weighted by atomic mass is 35.5. The molecule has 0 bridgehead atoms. The van der Waals surface area contributed by atoms with E-state index in [1.807, 2.05) is 61.9 Å². The first-order valence-corrected chi connectivity index (χ1v) is 12.4. The summed E-state index contributed by atoms with van der Waals surface area (Å²) in [6.07, 6.45) is 0.303. The minimum absolute atomic E-state index is 0.0135. The quantitative estimate of drug-likeness (QED) is 0.274. The van der Waals surface area contributed by atoms with Crippen LogP contribution in [-0.2, 0) is 17.8 Å². The van der Waals surface area contributed by atoms with Crippen LogP contribution < -0.4 is 4.90 Å². The minimum Gasteiger partial charge on any atom is -0.286 e. The molecule has 0 unspecified atom stereocenters. The molecule has 172 valence electrons. The van der Waals surface area contributed by atoms with Crippen molar-refractivity contribution in [1.82, 2.24) is 14.8 Å². The number of fused-ring (bicyclic) bond motifs is 2. The van der Waals surface area contributed by atoms with Crippen LogP contribution >= 0.6 is 22.9 Å². The Bertz CT molecular complexity index is 1520. The first kappa shape index (κ1) is 22.6. The Morgan fingerprint density at radius 1 is 1.03 bits per heavy atom. The third-order valence-corrected chi connectivity index (χ3v) is 7.53. The maximum absolute atomic E-state index is 13.6. The largest absolute Gasteiger partial charge is 0.286 e. The molecule has 2 aromatic heterocycles. The van der Waals surface area contributed by atoms with Crippen molar-refractivity contribution in [3.8, 4) is 0 Å². The molecular formula is C27H25ClN4OS. The predicted molar refractivity (Wildman–Crippen MR) is 141 cm³/mol. The van der Waals surface area contributed by atoms with Crippen LogP contribution in [0.4, 0.5) is 5.13 Å². The van der Waals surface area contributed by atoms with Crippen LogP contribution in [0.1, 0.15) is 22.5 Å². The molecule has 34 heavy (non-hydrogen) atoms. The van der Waals surface area contributed by atoms with E-state index in [0.29, 0.717) is 29.7 Å². The van der Waals surface area contributed by atoms with Gasteiger partial charge in [0, 0.05) is 17.3 Å². The second kappa shape index (κ2) is 9.20. The number of hydrogen-bond acceptors (Lipinski definition) is 4. The molecule has 7 heteroatoms. The third-order valence-electron chi connectivity index (χ3n) is 6.08. The average molecular weight is 489 g/mol. The Morgan fingerprint density at radius 3 is 2.59 bits per heavy atom. The maximum Gasteiger partial charge on any atom is 0.233 e. The highest BCUT2D eigenvalue weighted by Gasteiger charge is 2.21. The average Bonchev–Trinajstić information content (AvgIpc) is 3.39. The normalized spacial score (nSPS) is 11.4. The number of hydrogen-bond donors (Lipinski definition) is 0. The van der Waals surface area contributed by atoms with E-state index in [4.69, 9.17) is 16.6 Å². The summed E-state index contributed by atoms with van der Waals surface area (Å²) in [7, 11) is 0. The van der Waals surface area contributed by atoms with Gasteiger partial charge in [0.25, 0.3) is 0 Å². The zero-order valence-electron chi connectivity index (χ0n) is 19.4. The fraction of sp³-hybridized carbons (Fsp3) is 0.222. The van der Waals surface area contributed by atoms with Gasteiger partial charge >= 0.3 is 0 Å². The molecule has 0 radical (unpaired) electrons. The SMILES string of the molecule is Cc1cc(C)n(CCN(C(=O)Cc2ccc3ccccc3c2)c2nc3c(C)c(Cl)ccc3s2)n1. The summed E-state index contributed by atoms with van der Waals surface area (Å²) in [6.45, 7) is 7.06. The number of aryl methyl sites for hydroxylation is 3. The van der Waals surface area contributed by atoms with E-state index in [1.54, 1.807) is 4.90 Å². The van der Waals surface area contributed by atoms with Crippen molar-refractivity contribution >= 4 is 55.0 Å². The summed E-state index contributed by atoms with van der Waals surface area (Å²) in [5.41, 5.74) is 4.81. The van der Waals surface area contributed by atoms with Gasteiger partial charge in [-0.15, -0.1) is 0 Å². The third kappa shape index (κ3) is 4.43. The molecule has 0 aliphatic carbocycles. The summed E-state index contributed by atoms with van der Waals surface area (Å²) in [5.74, 6) is 0.0135. The molecule has 1 amide bonds. The summed E-state index contributed by atoms with van der Waals surface area (Å²) < 4.78 is 2.97. The van der Waals surface area contributed by atoms with Gasteiger partial charge in [0.15, 0.2) is 5.13 Å². The monoisotopic (exact) mass is 488 g/mol. The highest BCUT2D eigenvalue weighted by Crippen LogP contribution is 2.34. The van der Waals surface area contributed by atoms with Gasteiger partial charge in [-0.25, -0.2) is 4.98 Å². The number of aromatic nitrogens is 3. The van der Waals surface area contributed by atoms with Crippen LogP contribution in [0.3, 0.4) is 0 Å². The smallest absolute Gasteiger partial charge is 0.233 e. The predicted octanol–water partition coefficient (Wildman–Crippen LogP) is 6.50. The van der Waals surface area contributed by atoms with Gasteiger partial charge in [-0.05, 0) is 60.9 Å². The van der Waals surface area contributed by atoms with Crippen LogP contribution in [0.15, 0.2) is 60.7 Å². The molecule has 0 fully saturated rings. The van der Waals surface area contributed by atoms with Crippen molar-refractivity contribution in [3.05, 3.63) is 88.2 Å². The standard InChI is InChI=1S/C27H25ClN4OS/c1-17-14-18(2)32(30-17)13-12-31(27-29-26-19(3)23(28)10-11-24(26)34-27)25(33)16-20-8-9-21-6-4-5-7-22(21)15-20/h4-11,14-15H,12-13,16H2,1-3H3. The second-order valence-electron chi connectivity index (χ2n) is 8.57. The lowest BCUT2D eigenvalue weighted by Gasteiger charge is -2.20. The number of halogens is 1. The minimum atomic E-state index is 0.0135. The fourth-order valence-corrected chi connectivity index (χ4v) is 5.47. The van der Waals surface area contributed by atoms with Gasteiger partial charge in [0.2, 0.25) is 5.91 Å². The molecule has 5 nitrogen and oxygen atoms in total. The lowest BCUT2D eigenvalue weighted by molar-refractivity contribution is -0.118. The fourth-order valence-electron chi connectivity index (χ4n) is 4.25. The van der Waals surface area contributed by atoms with E-state index in [9.17, 15) is 4.79 Å². The van der Waals surface area contributed by atoms with E-state index >= 15 is 0 Å². The zero-order valence-corrected chi connectivity index (χ0v) is 21.0. The van der Waals surface area contributed by atoms with E-state index < -0.39 is 0 Å². The van der Waals surface area contributed by atoms with Gasteiger partial charge < -0.3 is 0 Å². The number of rotatable bonds is 6. The molecule has 0 saturated carbocycles. The number of benzene rings is 3. The molecule has 5 aromatic rings. The number of amides is 1. The second-order valence-corrected chi connectivity index (χ2v) is 9.99. The highest BCUT2D eigenvalue weighted by molar-refractivity contribution is 7.22. The summed E-state index contributed by atoms with van der Waals surface area (Å²) >= 11 is 7.85. The molecular weight excluding hydrogens is 464 g/mol. The van der Waals surface area contributed by atoms with Crippen molar-refractivity contribution in [3.63, 3.8) is 0 Å². The first-order valence-electron chi connectivity index (χ1n) is 11.2. The molecule has 0 aliphatic rings. The van der Waals surface area contributed by atoms with Crippen LogP contribution in [0.5, 0.6) is 0 Å². The van der Waals surface area contributed by atoms with Gasteiger partial charge in [0.1, 0.15) is 0 Å². The Balaban J connectivity index is 1.47. The molecule has 0 aliphatic heterocycles. The van der Waals surface area contributed by atoms with Crippen molar-refractivity contribution < 1.29 is 4.79 Å².